The molecular formula is C11H19N3O5. The molecule has 0 aromatic rings. The van der Waals surface area contributed by atoms with Crippen LogP contribution in [0, 0.1) is 0 Å². The van der Waals surface area contributed by atoms with Gasteiger partial charge in [0.1, 0.15) is 6.04 Å². The number of aliphatic hydroxyl groups excluding tert-OH is 1. The van der Waals surface area contributed by atoms with Crippen molar-refractivity contribution in [2.24, 2.45) is 0 Å². The van der Waals surface area contributed by atoms with Crippen molar-refractivity contribution >= 4 is 17.9 Å². The lowest BCUT2D eigenvalue weighted by Crippen LogP contribution is -2.55. The fourth-order valence-electron chi connectivity index (χ4n) is 1.85. The Morgan fingerprint density at radius 2 is 1.68 bits per heavy atom. The highest BCUT2D eigenvalue weighted by molar-refractivity contribution is 5.82. The second-order valence-corrected chi connectivity index (χ2v) is 4.35. The predicted octanol–water partition coefficient (Wildman–Crippen LogP) is -1.30. The minimum absolute atomic E-state index is 0.0332. The molecule has 0 bridgehead atoms. The third kappa shape index (κ3) is 4.40. The fraction of sp³-hybridized carbons (Fsp3) is 0.727. The van der Waals surface area contributed by atoms with Crippen LogP contribution in [0.5, 0.6) is 0 Å². The number of carboxylic acid groups (broad SMARTS) is 1. The van der Waals surface area contributed by atoms with E-state index in [1.54, 1.807) is 4.90 Å². The number of nitrogens with zero attached hydrogens (tertiary/aromatic N) is 2. The van der Waals surface area contributed by atoms with Crippen molar-refractivity contribution in [3.8, 4) is 0 Å². The van der Waals surface area contributed by atoms with E-state index in [-0.39, 0.29) is 18.9 Å². The molecule has 0 aromatic carbocycles. The summed E-state index contributed by atoms with van der Waals surface area (Å²) in [6.07, 6.45) is -0.0332. The number of aliphatic carboxylic acids is 1. The van der Waals surface area contributed by atoms with Gasteiger partial charge in [0.25, 0.3) is 0 Å². The van der Waals surface area contributed by atoms with Crippen molar-refractivity contribution in [3.05, 3.63) is 0 Å². The Balaban J connectivity index is 2.46. The molecule has 19 heavy (non-hydrogen) atoms. The van der Waals surface area contributed by atoms with Crippen LogP contribution in [-0.4, -0.2) is 76.7 Å². The normalized spacial score (nSPS) is 16.9. The van der Waals surface area contributed by atoms with Crippen LogP contribution in [0.15, 0.2) is 0 Å². The van der Waals surface area contributed by atoms with Gasteiger partial charge in [0.05, 0.1) is 0 Å². The van der Waals surface area contributed by atoms with Crippen LogP contribution in [0.25, 0.3) is 0 Å². The van der Waals surface area contributed by atoms with Gasteiger partial charge < -0.3 is 25.3 Å². The van der Waals surface area contributed by atoms with Crippen molar-refractivity contribution in [3.63, 3.8) is 0 Å². The van der Waals surface area contributed by atoms with E-state index in [0.29, 0.717) is 26.2 Å². The topological polar surface area (TPSA) is 110 Å². The molecule has 1 atom stereocenters. The number of hydrogen-bond acceptors (Lipinski definition) is 4. The molecule has 8 heteroatoms. The third-order valence-corrected chi connectivity index (χ3v) is 3.03. The standard InChI is InChI=1S/C11H19N3O5/c1-8(16)13-3-5-14(6-4-13)11(19)12-9(2-7-15)10(17)18/h9,15H,2-7H2,1H3,(H,12,19)(H,17,18). The van der Waals surface area contributed by atoms with Gasteiger partial charge in [-0.05, 0) is 0 Å². The second-order valence-electron chi connectivity index (χ2n) is 4.35. The maximum atomic E-state index is 11.8. The quantitative estimate of drug-likeness (QED) is 0.589. The van der Waals surface area contributed by atoms with E-state index < -0.39 is 18.0 Å². The van der Waals surface area contributed by atoms with Crippen LogP contribution in [0.2, 0.25) is 0 Å². The Hall–Kier alpha value is -1.83. The first-order valence-electron chi connectivity index (χ1n) is 6.10. The van der Waals surface area contributed by atoms with E-state index in [1.165, 1.54) is 11.8 Å². The van der Waals surface area contributed by atoms with Crippen LogP contribution in [-0.2, 0) is 9.59 Å². The van der Waals surface area contributed by atoms with Crippen molar-refractivity contribution < 1.29 is 24.6 Å². The lowest BCUT2D eigenvalue weighted by atomic mass is 10.2. The van der Waals surface area contributed by atoms with Gasteiger partial charge in [0, 0.05) is 46.1 Å². The minimum Gasteiger partial charge on any atom is -0.480 e. The number of amides is 3. The molecule has 3 amide bonds. The smallest absolute Gasteiger partial charge is 0.326 e. The molecule has 1 unspecified atom stereocenters. The minimum atomic E-state index is -1.18. The summed E-state index contributed by atoms with van der Waals surface area (Å²) in [4.78, 5) is 36.9. The molecule has 108 valence electrons. The molecule has 0 spiro atoms. The monoisotopic (exact) mass is 273 g/mol. The first-order valence-corrected chi connectivity index (χ1v) is 6.10. The Kier molecular flexibility index (Phi) is 5.56. The van der Waals surface area contributed by atoms with Gasteiger partial charge in [-0.2, -0.15) is 0 Å². The highest BCUT2D eigenvalue weighted by Gasteiger charge is 2.26. The third-order valence-electron chi connectivity index (χ3n) is 3.03. The van der Waals surface area contributed by atoms with Gasteiger partial charge in [-0.15, -0.1) is 0 Å². The Labute approximate surface area is 111 Å². The van der Waals surface area contributed by atoms with Crippen molar-refractivity contribution in [2.45, 2.75) is 19.4 Å². The van der Waals surface area contributed by atoms with Gasteiger partial charge >= 0.3 is 12.0 Å². The fourth-order valence-corrected chi connectivity index (χ4v) is 1.85. The maximum absolute atomic E-state index is 11.8. The van der Waals surface area contributed by atoms with E-state index in [1.807, 2.05) is 0 Å². The average Bonchev–Trinajstić information content (AvgIpc) is 2.38. The first-order chi connectivity index (χ1) is 8.95. The molecular weight excluding hydrogens is 254 g/mol. The first kappa shape index (κ1) is 15.2. The van der Waals surface area contributed by atoms with Gasteiger partial charge in [0.2, 0.25) is 5.91 Å². The summed E-state index contributed by atoms with van der Waals surface area (Å²) in [7, 11) is 0. The zero-order valence-electron chi connectivity index (χ0n) is 10.8. The lowest BCUT2D eigenvalue weighted by molar-refractivity contribution is -0.139. The van der Waals surface area contributed by atoms with E-state index >= 15 is 0 Å². The summed E-state index contributed by atoms with van der Waals surface area (Å²) in [6, 6.07) is -1.58. The summed E-state index contributed by atoms with van der Waals surface area (Å²) >= 11 is 0. The largest absolute Gasteiger partial charge is 0.480 e. The zero-order valence-corrected chi connectivity index (χ0v) is 10.8. The van der Waals surface area contributed by atoms with E-state index in [0.717, 1.165) is 0 Å². The van der Waals surface area contributed by atoms with E-state index in [9.17, 15) is 14.4 Å². The molecule has 0 aromatic heterocycles. The number of hydrogen-bond donors (Lipinski definition) is 3. The number of aliphatic hydroxyl groups is 1. The Morgan fingerprint density at radius 3 is 2.11 bits per heavy atom. The predicted molar refractivity (Wildman–Crippen MR) is 65.5 cm³/mol. The number of piperazine rings is 1. The average molecular weight is 273 g/mol. The van der Waals surface area contributed by atoms with Crippen LogP contribution < -0.4 is 5.32 Å². The summed E-state index contributed by atoms with van der Waals surface area (Å²) in [5.74, 6) is -1.21. The summed E-state index contributed by atoms with van der Waals surface area (Å²) in [6.45, 7) is 2.79. The number of carboxylic acids is 1. The van der Waals surface area contributed by atoms with Crippen LogP contribution in [0.4, 0.5) is 4.79 Å². The molecule has 3 N–H and O–H groups in total. The lowest BCUT2D eigenvalue weighted by Gasteiger charge is -2.34. The van der Waals surface area contributed by atoms with Crippen molar-refractivity contribution in [1.29, 1.82) is 0 Å². The number of nitrogens with one attached hydrogen (secondary N) is 1. The second kappa shape index (κ2) is 6.93. The molecule has 1 heterocycles. The van der Waals surface area contributed by atoms with Crippen molar-refractivity contribution in [1.82, 2.24) is 15.1 Å². The van der Waals surface area contributed by atoms with Crippen LogP contribution in [0.3, 0.4) is 0 Å². The Bertz CT molecular complexity index is 352. The van der Waals surface area contributed by atoms with Gasteiger partial charge in [0.15, 0.2) is 0 Å². The molecule has 0 aliphatic carbocycles. The highest BCUT2D eigenvalue weighted by atomic mass is 16.4. The maximum Gasteiger partial charge on any atom is 0.326 e. The van der Waals surface area contributed by atoms with Gasteiger partial charge in [-0.25, -0.2) is 9.59 Å². The SMILES string of the molecule is CC(=O)N1CCN(C(=O)NC(CCO)C(=O)O)CC1. The highest BCUT2D eigenvalue weighted by Crippen LogP contribution is 2.03. The van der Waals surface area contributed by atoms with Gasteiger partial charge in [-0.1, -0.05) is 0 Å². The zero-order chi connectivity index (χ0) is 14.4. The number of carbonyl (C=O) groups is 3. The molecule has 1 rings (SSSR count). The van der Waals surface area contributed by atoms with Crippen molar-refractivity contribution in [2.75, 3.05) is 32.8 Å². The molecule has 1 aliphatic rings. The summed E-state index contributed by atoms with van der Waals surface area (Å²) < 4.78 is 0. The van der Waals surface area contributed by atoms with E-state index in [2.05, 4.69) is 5.32 Å². The molecule has 1 aliphatic heterocycles. The van der Waals surface area contributed by atoms with Crippen LogP contribution >= 0.6 is 0 Å². The molecule has 8 nitrogen and oxygen atoms in total. The molecule has 0 radical (unpaired) electrons. The molecule has 1 fully saturated rings. The van der Waals surface area contributed by atoms with Gasteiger partial charge in [-0.3, -0.25) is 4.79 Å². The Morgan fingerprint density at radius 1 is 1.16 bits per heavy atom. The number of carbonyl (C=O) groups excluding carboxylic acids is 2. The molecule has 1 saturated heterocycles. The van der Waals surface area contributed by atoms with E-state index in [4.69, 9.17) is 10.2 Å². The number of urea groups is 1. The molecule has 0 saturated carbocycles. The number of rotatable bonds is 4. The summed E-state index contributed by atoms with van der Waals surface area (Å²) in [5, 5.41) is 20.0. The van der Waals surface area contributed by atoms with Crippen LogP contribution in [0.1, 0.15) is 13.3 Å². The summed E-state index contributed by atoms with van der Waals surface area (Å²) in [5.41, 5.74) is 0.